The first kappa shape index (κ1) is 11.0. The number of hydrogen-bond donors (Lipinski definition) is 1. The predicted octanol–water partition coefficient (Wildman–Crippen LogP) is 2.41. The molecule has 0 amide bonds. The second-order valence-corrected chi connectivity index (χ2v) is 4.40. The smallest absolute Gasteiger partial charge is 0.163 e. The van der Waals surface area contributed by atoms with Crippen molar-refractivity contribution in [3.63, 3.8) is 0 Å². The van der Waals surface area contributed by atoms with Crippen molar-refractivity contribution in [3.05, 3.63) is 42.2 Å². The molecule has 1 aromatic carbocycles. The number of rotatable bonds is 3. The van der Waals surface area contributed by atoms with Gasteiger partial charge in [-0.3, -0.25) is 0 Å². The molecule has 94 valence electrons. The number of ether oxygens (including phenoxy) is 2. The van der Waals surface area contributed by atoms with E-state index in [1.165, 1.54) is 5.56 Å². The number of benzene rings is 1. The predicted molar refractivity (Wildman–Crippen MR) is 70.2 cm³/mol. The van der Waals surface area contributed by atoms with Crippen molar-refractivity contribution < 1.29 is 9.47 Å². The molecule has 18 heavy (non-hydrogen) atoms. The number of nitrogens with one attached hydrogen (secondary N) is 1. The molecule has 3 rings (SSSR count). The van der Waals surface area contributed by atoms with Crippen molar-refractivity contribution in [1.82, 2.24) is 4.57 Å². The summed E-state index contributed by atoms with van der Waals surface area (Å²) in [6.07, 6.45) is 4.14. The van der Waals surface area contributed by atoms with Crippen LogP contribution in [0.25, 0.3) is 0 Å². The van der Waals surface area contributed by atoms with E-state index in [1.807, 2.05) is 36.0 Å². The molecule has 0 saturated heterocycles. The third-order valence-corrected chi connectivity index (χ3v) is 2.93. The highest BCUT2D eigenvalue weighted by molar-refractivity contribution is 5.55. The van der Waals surface area contributed by atoms with Gasteiger partial charge in [0.05, 0.1) is 0 Å². The second-order valence-electron chi connectivity index (χ2n) is 4.40. The lowest BCUT2D eigenvalue weighted by Crippen LogP contribution is -2.15. The molecular formula is C14H16N2O2. The van der Waals surface area contributed by atoms with Gasteiger partial charge >= 0.3 is 0 Å². The molecule has 1 aliphatic heterocycles. The molecule has 1 aliphatic rings. The largest absolute Gasteiger partial charge is 0.486 e. The summed E-state index contributed by atoms with van der Waals surface area (Å²) in [4.78, 5) is 0. The Hall–Kier alpha value is -2.10. The molecule has 0 bridgehead atoms. The molecule has 0 unspecified atom stereocenters. The lowest BCUT2D eigenvalue weighted by molar-refractivity contribution is 0.171. The van der Waals surface area contributed by atoms with Gasteiger partial charge in [0.25, 0.3) is 0 Å². The quantitative estimate of drug-likeness (QED) is 0.900. The molecule has 0 saturated carbocycles. The van der Waals surface area contributed by atoms with E-state index in [1.54, 1.807) is 0 Å². The average Bonchev–Trinajstić information content (AvgIpc) is 2.82. The molecule has 1 aromatic heterocycles. The van der Waals surface area contributed by atoms with Crippen LogP contribution in [0.1, 0.15) is 5.56 Å². The number of nitrogens with zero attached hydrogens (tertiary/aromatic N) is 1. The maximum Gasteiger partial charge on any atom is 0.163 e. The molecule has 2 heterocycles. The summed E-state index contributed by atoms with van der Waals surface area (Å²) in [5, 5.41) is 3.38. The molecule has 1 N–H and O–H groups in total. The highest BCUT2D eigenvalue weighted by Crippen LogP contribution is 2.32. The Balaban J connectivity index is 1.69. The van der Waals surface area contributed by atoms with E-state index in [4.69, 9.17) is 9.47 Å². The molecule has 0 atom stereocenters. The Bertz CT molecular complexity index is 548. The van der Waals surface area contributed by atoms with Crippen molar-refractivity contribution in [2.24, 2.45) is 7.05 Å². The van der Waals surface area contributed by atoms with Gasteiger partial charge in [0.2, 0.25) is 0 Å². The third kappa shape index (κ3) is 2.27. The molecule has 0 radical (unpaired) electrons. The van der Waals surface area contributed by atoms with E-state index < -0.39 is 0 Å². The van der Waals surface area contributed by atoms with Crippen LogP contribution in [0.4, 0.5) is 5.69 Å². The number of fused-ring (bicyclic) bond motifs is 1. The Morgan fingerprint density at radius 3 is 2.78 bits per heavy atom. The van der Waals surface area contributed by atoms with Crippen LogP contribution < -0.4 is 14.8 Å². The normalized spacial score (nSPS) is 13.4. The van der Waals surface area contributed by atoms with Gasteiger partial charge in [-0.25, -0.2) is 0 Å². The van der Waals surface area contributed by atoms with Gasteiger partial charge in [0.15, 0.2) is 11.5 Å². The van der Waals surface area contributed by atoms with Crippen LogP contribution in [0.15, 0.2) is 36.7 Å². The zero-order chi connectivity index (χ0) is 12.4. The van der Waals surface area contributed by atoms with Crippen LogP contribution in [0, 0.1) is 0 Å². The van der Waals surface area contributed by atoms with Crippen molar-refractivity contribution >= 4 is 5.69 Å². The highest BCUT2D eigenvalue weighted by Gasteiger charge is 2.11. The summed E-state index contributed by atoms with van der Waals surface area (Å²) in [5.74, 6) is 1.64. The van der Waals surface area contributed by atoms with Gasteiger partial charge < -0.3 is 19.4 Å². The van der Waals surface area contributed by atoms with Crippen LogP contribution in [0.3, 0.4) is 0 Å². The van der Waals surface area contributed by atoms with Crippen LogP contribution in [-0.4, -0.2) is 17.8 Å². The second kappa shape index (κ2) is 4.64. The highest BCUT2D eigenvalue weighted by atomic mass is 16.6. The number of hydrogen-bond acceptors (Lipinski definition) is 3. The summed E-state index contributed by atoms with van der Waals surface area (Å²) in [6, 6.07) is 8.04. The SMILES string of the molecule is Cn1ccc(CNc2ccc3c(c2)OCCO3)c1. The third-order valence-electron chi connectivity index (χ3n) is 2.93. The van der Waals surface area contributed by atoms with Gasteiger partial charge in [-0.2, -0.15) is 0 Å². The van der Waals surface area contributed by atoms with Gasteiger partial charge in [0.1, 0.15) is 13.2 Å². The zero-order valence-corrected chi connectivity index (χ0v) is 10.3. The Labute approximate surface area is 106 Å². The number of aromatic nitrogens is 1. The van der Waals surface area contributed by atoms with Gasteiger partial charge in [-0.15, -0.1) is 0 Å². The fraction of sp³-hybridized carbons (Fsp3) is 0.286. The number of aryl methyl sites for hydroxylation is 1. The fourth-order valence-electron chi connectivity index (χ4n) is 2.02. The maximum absolute atomic E-state index is 5.55. The minimum absolute atomic E-state index is 0.620. The minimum Gasteiger partial charge on any atom is -0.486 e. The molecule has 4 heteroatoms. The lowest BCUT2D eigenvalue weighted by atomic mass is 10.2. The first-order valence-electron chi connectivity index (χ1n) is 6.06. The fourth-order valence-corrected chi connectivity index (χ4v) is 2.02. The van der Waals surface area contributed by atoms with E-state index in [2.05, 4.69) is 17.6 Å². The molecule has 0 aliphatic carbocycles. The average molecular weight is 244 g/mol. The molecular weight excluding hydrogens is 228 g/mol. The van der Waals surface area contributed by atoms with Crippen LogP contribution in [0.2, 0.25) is 0 Å². The Morgan fingerprint density at radius 2 is 2.00 bits per heavy atom. The molecule has 0 spiro atoms. The van der Waals surface area contributed by atoms with Crippen molar-refractivity contribution in [2.75, 3.05) is 18.5 Å². The van der Waals surface area contributed by atoms with Gasteiger partial charge in [-0.1, -0.05) is 0 Å². The lowest BCUT2D eigenvalue weighted by Gasteiger charge is -2.19. The monoisotopic (exact) mass is 244 g/mol. The van der Waals surface area contributed by atoms with E-state index >= 15 is 0 Å². The van der Waals surface area contributed by atoms with E-state index in [0.717, 1.165) is 23.7 Å². The van der Waals surface area contributed by atoms with Gasteiger partial charge in [0, 0.05) is 37.7 Å². The standard InChI is InChI=1S/C14H16N2O2/c1-16-5-4-11(10-16)9-15-12-2-3-13-14(8-12)18-7-6-17-13/h2-5,8,10,15H,6-7,9H2,1H3. The summed E-state index contributed by atoms with van der Waals surface area (Å²) in [7, 11) is 2.02. The topological polar surface area (TPSA) is 35.4 Å². The first-order chi connectivity index (χ1) is 8.81. The minimum atomic E-state index is 0.620. The Morgan fingerprint density at radius 1 is 1.17 bits per heavy atom. The zero-order valence-electron chi connectivity index (χ0n) is 10.3. The number of anilines is 1. The van der Waals surface area contributed by atoms with Crippen molar-refractivity contribution in [1.29, 1.82) is 0 Å². The molecule has 2 aromatic rings. The summed E-state index contributed by atoms with van der Waals surface area (Å²) < 4.78 is 13.1. The molecule has 0 fully saturated rings. The van der Waals surface area contributed by atoms with Crippen LogP contribution >= 0.6 is 0 Å². The maximum atomic E-state index is 5.55. The Kier molecular flexibility index (Phi) is 2.84. The van der Waals surface area contributed by atoms with Crippen molar-refractivity contribution in [3.8, 4) is 11.5 Å². The van der Waals surface area contributed by atoms with Crippen LogP contribution in [0.5, 0.6) is 11.5 Å². The van der Waals surface area contributed by atoms with Gasteiger partial charge in [-0.05, 0) is 23.8 Å². The van der Waals surface area contributed by atoms with E-state index in [0.29, 0.717) is 13.2 Å². The summed E-state index contributed by atoms with van der Waals surface area (Å²) in [5.41, 5.74) is 2.30. The summed E-state index contributed by atoms with van der Waals surface area (Å²) in [6.45, 7) is 2.05. The molecule has 4 nitrogen and oxygen atoms in total. The first-order valence-corrected chi connectivity index (χ1v) is 6.06. The van der Waals surface area contributed by atoms with E-state index in [9.17, 15) is 0 Å². The van der Waals surface area contributed by atoms with Crippen LogP contribution in [-0.2, 0) is 13.6 Å². The summed E-state index contributed by atoms with van der Waals surface area (Å²) >= 11 is 0. The van der Waals surface area contributed by atoms with E-state index in [-0.39, 0.29) is 0 Å². The van der Waals surface area contributed by atoms with Crippen molar-refractivity contribution in [2.45, 2.75) is 6.54 Å².